The lowest BCUT2D eigenvalue weighted by atomic mass is 10.1. The fraction of sp³-hybridized carbons (Fsp3) is 0.111. The van der Waals surface area contributed by atoms with Gasteiger partial charge in [-0.25, -0.2) is 4.98 Å². The van der Waals surface area contributed by atoms with Gasteiger partial charge in [0.2, 0.25) is 5.95 Å². The van der Waals surface area contributed by atoms with Gasteiger partial charge in [0.15, 0.2) is 5.78 Å². The topological polar surface area (TPSA) is 76.9 Å². The van der Waals surface area contributed by atoms with E-state index >= 15 is 0 Å². The van der Waals surface area contributed by atoms with Crippen molar-refractivity contribution >= 4 is 23.3 Å². The zero-order valence-electron chi connectivity index (χ0n) is 13.4. The fourth-order valence-corrected chi connectivity index (χ4v) is 2.39. The molecule has 0 aliphatic rings. The minimum Gasteiger partial charge on any atom is -0.348 e. The molecule has 0 aliphatic heterocycles. The molecule has 0 saturated carbocycles. The Labute approximate surface area is 149 Å². The Bertz CT molecular complexity index is 953. The molecule has 25 heavy (non-hydrogen) atoms. The van der Waals surface area contributed by atoms with Crippen molar-refractivity contribution in [2.45, 2.75) is 0 Å². The van der Waals surface area contributed by atoms with Crippen molar-refractivity contribution in [2.75, 3.05) is 11.9 Å². The number of hydrogen-bond donors (Lipinski definition) is 1. The summed E-state index contributed by atoms with van der Waals surface area (Å²) < 4.78 is 1.36. The molecule has 2 aromatic heterocycles. The van der Waals surface area contributed by atoms with E-state index in [0.717, 1.165) is 5.56 Å². The molecule has 0 radical (unpaired) electrons. The van der Waals surface area contributed by atoms with Gasteiger partial charge in [0, 0.05) is 41.7 Å². The van der Waals surface area contributed by atoms with Crippen LogP contribution < -0.4 is 10.9 Å². The third kappa shape index (κ3) is 3.92. The molecule has 0 bridgehead atoms. The van der Waals surface area contributed by atoms with Crippen LogP contribution in [0.15, 0.2) is 59.7 Å². The number of rotatable bonds is 5. The summed E-state index contributed by atoms with van der Waals surface area (Å²) in [7, 11) is 1.60. The number of anilines is 1. The van der Waals surface area contributed by atoms with Crippen molar-refractivity contribution in [3.8, 4) is 11.3 Å². The summed E-state index contributed by atoms with van der Waals surface area (Å²) in [5.74, 6) is 0.196. The predicted octanol–water partition coefficient (Wildman–Crippen LogP) is 2.79. The van der Waals surface area contributed by atoms with Crippen LogP contribution >= 0.6 is 11.6 Å². The number of pyridine rings is 1. The lowest BCUT2D eigenvalue weighted by Gasteiger charge is -2.11. The number of aromatic nitrogens is 3. The summed E-state index contributed by atoms with van der Waals surface area (Å²) in [5.41, 5.74) is 1.61. The first-order chi connectivity index (χ1) is 12.0. The SMILES string of the molecule is Cn1c(NCC(=O)c2ccc(Cl)cc2)nc(-c2ccncc2)cc1=O. The number of Topliss-reactive ketones (excluding diaryl/α,β-unsaturated/α-hetero) is 1. The van der Waals surface area contributed by atoms with Gasteiger partial charge >= 0.3 is 0 Å². The maximum absolute atomic E-state index is 12.3. The number of ketones is 1. The zero-order valence-corrected chi connectivity index (χ0v) is 14.2. The second kappa shape index (κ2) is 7.27. The van der Waals surface area contributed by atoms with Gasteiger partial charge in [-0.1, -0.05) is 11.6 Å². The Morgan fingerprint density at radius 2 is 1.84 bits per heavy atom. The summed E-state index contributed by atoms with van der Waals surface area (Å²) in [6, 6.07) is 11.6. The molecule has 3 rings (SSSR count). The molecule has 0 aliphatic carbocycles. The maximum atomic E-state index is 12.3. The standard InChI is InChI=1S/C18H15ClN4O2/c1-23-17(25)10-15(12-6-8-20-9-7-12)22-18(23)21-11-16(24)13-2-4-14(19)5-3-13/h2-10H,11H2,1H3,(H,21,22). The van der Waals surface area contributed by atoms with E-state index in [1.54, 1.807) is 55.8 Å². The smallest absolute Gasteiger partial charge is 0.255 e. The molecule has 0 amide bonds. The monoisotopic (exact) mass is 354 g/mol. The van der Waals surface area contributed by atoms with E-state index in [2.05, 4.69) is 15.3 Å². The Morgan fingerprint density at radius 1 is 1.16 bits per heavy atom. The molecule has 0 unspecified atom stereocenters. The number of benzene rings is 1. The first kappa shape index (κ1) is 16.9. The van der Waals surface area contributed by atoms with Crippen LogP contribution in [0.1, 0.15) is 10.4 Å². The highest BCUT2D eigenvalue weighted by molar-refractivity contribution is 6.30. The molecule has 2 heterocycles. The molecular weight excluding hydrogens is 340 g/mol. The van der Waals surface area contributed by atoms with Crippen LogP contribution in [-0.4, -0.2) is 26.9 Å². The average molecular weight is 355 g/mol. The van der Waals surface area contributed by atoms with Crippen molar-refractivity contribution in [2.24, 2.45) is 7.05 Å². The van der Waals surface area contributed by atoms with Crippen LogP contribution in [0.5, 0.6) is 0 Å². The van der Waals surface area contributed by atoms with Gasteiger partial charge in [0.1, 0.15) is 0 Å². The second-order valence-corrected chi connectivity index (χ2v) is 5.82. The van der Waals surface area contributed by atoms with Crippen LogP contribution in [-0.2, 0) is 7.05 Å². The van der Waals surface area contributed by atoms with Crippen molar-refractivity contribution in [3.63, 3.8) is 0 Å². The average Bonchev–Trinajstić information content (AvgIpc) is 2.64. The Kier molecular flexibility index (Phi) is 4.90. The molecule has 0 spiro atoms. The van der Waals surface area contributed by atoms with E-state index in [4.69, 9.17) is 11.6 Å². The van der Waals surface area contributed by atoms with Crippen molar-refractivity contribution < 1.29 is 4.79 Å². The number of carbonyl (C=O) groups excluding carboxylic acids is 1. The fourth-order valence-electron chi connectivity index (χ4n) is 2.27. The van der Waals surface area contributed by atoms with Gasteiger partial charge in [0.25, 0.3) is 5.56 Å². The molecule has 1 N–H and O–H groups in total. The number of carbonyl (C=O) groups is 1. The van der Waals surface area contributed by atoms with E-state index in [1.165, 1.54) is 10.6 Å². The second-order valence-electron chi connectivity index (χ2n) is 5.38. The van der Waals surface area contributed by atoms with E-state index in [0.29, 0.717) is 22.2 Å². The van der Waals surface area contributed by atoms with Crippen molar-refractivity contribution in [1.29, 1.82) is 0 Å². The molecule has 0 fully saturated rings. The highest BCUT2D eigenvalue weighted by Gasteiger charge is 2.10. The summed E-state index contributed by atoms with van der Waals surface area (Å²) in [6.45, 7) is 0.0156. The van der Waals surface area contributed by atoms with E-state index < -0.39 is 0 Å². The van der Waals surface area contributed by atoms with Gasteiger partial charge < -0.3 is 5.32 Å². The molecule has 3 aromatic rings. The third-order valence-corrected chi connectivity index (χ3v) is 3.94. The lowest BCUT2D eigenvalue weighted by Crippen LogP contribution is -2.24. The largest absolute Gasteiger partial charge is 0.348 e. The summed E-state index contributed by atoms with van der Waals surface area (Å²) in [5, 5.41) is 3.50. The van der Waals surface area contributed by atoms with Crippen molar-refractivity contribution in [3.05, 3.63) is 75.8 Å². The number of nitrogens with zero attached hydrogens (tertiary/aromatic N) is 3. The highest BCUT2D eigenvalue weighted by atomic mass is 35.5. The van der Waals surface area contributed by atoms with Crippen LogP contribution in [0, 0.1) is 0 Å². The Balaban J connectivity index is 1.82. The first-order valence-corrected chi connectivity index (χ1v) is 7.93. The van der Waals surface area contributed by atoms with E-state index in [1.807, 2.05) is 0 Å². The maximum Gasteiger partial charge on any atom is 0.255 e. The minimum atomic E-state index is -0.219. The van der Waals surface area contributed by atoms with Gasteiger partial charge in [-0.3, -0.25) is 19.1 Å². The quantitative estimate of drug-likeness (QED) is 0.713. The molecule has 0 saturated heterocycles. The van der Waals surface area contributed by atoms with Gasteiger partial charge in [-0.05, 0) is 36.4 Å². The van der Waals surface area contributed by atoms with Crippen molar-refractivity contribution in [1.82, 2.24) is 14.5 Å². The van der Waals surface area contributed by atoms with Crippen LogP contribution in [0.2, 0.25) is 5.02 Å². The van der Waals surface area contributed by atoms with Gasteiger partial charge in [-0.15, -0.1) is 0 Å². The number of halogens is 1. The van der Waals surface area contributed by atoms with E-state index in [-0.39, 0.29) is 17.9 Å². The third-order valence-electron chi connectivity index (χ3n) is 3.68. The molecule has 126 valence electrons. The lowest BCUT2D eigenvalue weighted by molar-refractivity contribution is 0.101. The molecular formula is C18H15ClN4O2. The Morgan fingerprint density at radius 3 is 2.52 bits per heavy atom. The van der Waals surface area contributed by atoms with E-state index in [9.17, 15) is 9.59 Å². The van der Waals surface area contributed by atoms with Crippen LogP contribution in [0.3, 0.4) is 0 Å². The first-order valence-electron chi connectivity index (χ1n) is 7.56. The summed E-state index contributed by atoms with van der Waals surface area (Å²) in [6.07, 6.45) is 3.26. The molecule has 7 heteroatoms. The predicted molar refractivity (Wildman–Crippen MR) is 97.0 cm³/mol. The molecule has 6 nitrogen and oxygen atoms in total. The summed E-state index contributed by atoms with van der Waals surface area (Å²) in [4.78, 5) is 32.8. The normalized spacial score (nSPS) is 10.5. The number of nitrogens with one attached hydrogen (secondary N) is 1. The Hall–Kier alpha value is -2.99. The summed E-state index contributed by atoms with van der Waals surface area (Å²) >= 11 is 5.82. The minimum absolute atomic E-state index is 0.0156. The van der Waals surface area contributed by atoms with Gasteiger partial charge in [0.05, 0.1) is 12.2 Å². The molecule has 1 aromatic carbocycles. The van der Waals surface area contributed by atoms with Gasteiger partial charge in [-0.2, -0.15) is 0 Å². The van der Waals surface area contributed by atoms with Crippen LogP contribution in [0.25, 0.3) is 11.3 Å². The molecule has 0 atom stereocenters. The zero-order chi connectivity index (χ0) is 17.8. The van der Waals surface area contributed by atoms with Crippen LogP contribution in [0.4, 0.5) is 5.95 Å². The number of hydrogen-bond acceptors (Lipinski definition) is 5. The highest BCUT2D eigenvalue weighted by Crippen LogP contribution is 2.16.